The van der Waals surface area contributed by atoms with E-state index in [1.54, 1.807) is 6.92 Å². The number of carbonyl (C=O) groups is 4. The van der Waals surface area contributed by atoms with Crippen LogP contribution in [0.5, 0.6) is 0 Å². The first kappa shape index (κ1) is 20.6. The van der Waals surface area contributed by atoms with Crippen molar-refractivity contribution in [2.45, 2.75) is 82.7 Å². The number of nitrogens with zero attached hydrogens (tertiary/aromatic N) is 1. The monoisotopic (exact) mass is 393 g/mol. The zero-order valence-corrected chi connectivity index (χ0v) is 16.8. The van der Waals surface area contributed by atoms with E-state index in [1.807, 2.05) is 0 Å². The van der Waals surface area contributed by atoms with Crippen molar-refractivity contribution in [3.8, 4) is 0 Å². The molecule has 3 fully saturated rings. The molecule has 0 unspecified atom stereocenters. The second-order valence-corrected chi connectivity index (χ2v) is 8.50. The molecule has 0 atom stereocenters. The van der Waals surface area contributed by atoms with E-state index in [4.69, 9.17) is 4.74 Å². The number of imide groups is 1. The van der Waals surface area contributed by atoms with Crippen LogP contribution in [0.15, 0.2) is 0 Å². The van der Waals surface area contributed by atoms with Gasteiger partial charge in [0.2, 0.25) is 5.91 Å². The molecular formula is C20H31N3O5. The van der Waals surface area contributed by atoms with Crippen LogP contribution in [-0.2, 0) is 19.1 Å². The van der Waals surface area contributed by atoms with Crippen LogP contribution in [0.2, 0.25) is 0 Å². The lowest BCUT2D eigenvalue weighted by Crippen LogP contribution is -2.58. The van der Waals surface area contributed by atoms with Gasteiger partial charge in [0.05, 0.1) is 6.61 Å². The predicted octanol–water partition coefficient (Wildman–Crippen LogP) is 1.87. The Morgan fingerprint density at radius 2 is 1.79 bits per heavy atom. The number of nitrogens with one attached hydrogen (secondary N) is 2. The van der Waals surface area contributed by atoms with E-state index in [0.29, 0.717) is 31.6 Å². The third kappa shape index (κ3) is 3.86. The Bertz CT molecular complexity index is 648. The zero-order valence-electron chi connectivity index (χ0n) is 16.8. The quantitative estimate of drug-likeness (QED) is 0.548. The fraction of sp³-hybridized carbons (Fsp3) is 0.800. The number of carbonyl (C=O) groups excluding carboxylic acids is 4. The summed E-state index contributed by atoms with van der Waals surface area (Å²) < 4.78 is 5.18. The van der Waals surface area contributed by atoms with Gasteiger partial charge in [-0.05, 0) is 51.4 Å². The molecule has 0 aromatic heterocycles. The summed E-state index contributed by atoms with van der Waals surface area (Å²) >= 11 is 0. The molecule has 2 aliphatic carbocycles. The maximum absolute atomic E-state index is 12.9. The van der Waals surface area contributed by atoms with Gasteiger partial charge in [0.1, 0.15) is 17.6 Å². The number of ether oxygens (including phenoxy) is 1. The summed E-state index contributed by atoms with van der Waals surface area (Å²) in [7, 11) is 0. The van der Waals surface area contributed by atoms with E-state index in [1.165, 1.54) is 0 Å². The summed E-state index contributed by atoms with van der Waals surface area (Å²) in [5.74, 6) is -0.727. The molecule has 8 nitrogen and oxygen atoms in total. The van der Waals surface area contributed by atoms with E-state index in [0.717, 1.165) is 37.0 Å². The number of esters is 1. The maximum Gasteiger partial charge on any atom is 0.331 e. The largest absolute Gasteiger partial charge is 0.464 e. The summed E-state index contributed by atoms with van der Waals surface area (Å²) in [5.41, 5.74) is -1.92. The summed E-state index contributed by atoms with van der Waals surface area (Å²) in [6.07, 6.45) is 6.63. The van der Waals surface area contributed by atoms with Gasteiger partial charge in [-0.25, -0.2) is 9.59 Å². The number of rotatable bonds is 5. The van der Waals surface area contributed by atoms with Gasteiger partial charge in [-0.1, -0.05) is 26.2 Å². The molecule has 0 aromatic rings. The van der Waals surface area contributed by atoms with Crippen molar-refractivity contribution in [2.75, 3.05) is 13.2 Å². The van der Waals surface area contributed by atoms with Crippen molar-refractivity contribution in [1.82, 2.24) is 15.5 Å². The number of hydrogen-bond acceptors (Lipinski definition) is 5. The van der Waals surface area contributed by atoms with Crippen molar-refractivity contribution in [2.24, 2.45) is 5.92 Å². The van der Waals surface area contributed by atoms with Crippen LogP contribution in [0.25, 0.3) is 0 Å². The highest BCUT2D eigenvalue weighted by atomic mass is 16.5. The molecule has 0 radical (unpaired) electrons. The molecule has 28 heavy (non-hydrogen) atoms. The van der Waals surface area contributed by atoms with Gasteiger partial charge < -0.3 is 15.4 Å². The lowest BCUT2D eigenvalue weighted by molar-refractivity contribution is -0.155. The zero-order chi connectivity index (χ0) is 20.4. The second kappa shape index (κ2) is 8.09. The van der Waals surface area contributed by atoms with Gasteiger partial charge in [-0.3, -0.25) is 14.5 Å². The normalized spacial score (nSPS) is 29.5. The third-order valence-electron chi connectivity index (χ3n) is 6.43. The molecule has 2 N–H and O–H groups in total. The summed E-state index contributed by atoms with van der Waals surface area (Å²) in [6, 6.07) is -0.525. The van der Waals surface area contributed by atoms with Crippen LogP contribution >= 0.6 is 0 Å². The van der Waals surface area contributed by atoms with Crippen molar-refractivity contribution in [1.29, 1.82) is 0 Å². The minimum atomic E-state index is -1.05. The van der Waals surface area contributed by atoms with Crippen molar-refractivity contribution >= 4 is 23.8 Å². The second-order valence-electron chi connectivity index (χ2n) is 8.50. The van der Waals surface area contributed by atoms with E-state index in [9.17, 15) is 19.2 Å². The fourth-order valence-electron chi connectivity index (χ4n) is 4.67. The number of hydrogen-bond donors (Lipinski definition) is 2. The molecule has 4 amide bonds. The summed E-state index contributed by atoms with van der Waals surface area (Å²) in [6.45, 7) is 3.74. The average molecular weight is 393 g/mol. The van der Waals surface area contributed by atoms with Gasteiger partial charge in [-0.2, -0.15) is 0 Å². The molecule has 0 bridgehead atoms. The van der Waals surface area contributed by atoms with Crippen LogP contribution in [0.3, 0.4) is 0 Å². The first-order chi connectivity index (χ1) is 13.3. The Hall–Kier alpha value is -2.12. The molecule has 8 heteroatoms. The summed E-state index contributed by atoms with van der Waals surface area (Å²) in [5, 5.41) is 5.61. The van der Waals surface area contributed by atoms with E-state index in [-0.39, 0.29) is 19.1 Å². The van der Waals surface area contributed by atoms with Gasteiger partial charge in [0.15, 0.2) is 0 Å². The predicted molar refractivity (Wildman–Crippen MR) is 101 cm³/mol. The molecule has 0 aromatic carbocycles. The molecule has 1 spiro atoms. The highest BCUT2D eigenvalue weighted by molar-refractivity contribution is 6.09. The van der Waals surface area contributed by atoms with Crippen LogP contribution in [0, 0.1) is 5.92 Å². The lowest BCUT2D eigenvalue weighted by atomic mass is 9.77. The van der Waals surface area contributed by atoms with Crippen LogP contribution in [-0.4, -0.2) is 52.9 Å². The third-order valence-corrected chi connectivity index (χ3v) is 6.43. The van der Waals surface area contributed by atoms with Gasteiger partial charge in [-0.15, -0.1) is 0 Å². The SMILES string of the molecule is CCOC(=O)C1(NC(=O)CN2C(=O)NC3(CCC(C)CC3)C2=O)CCCCC1. The number of amides is 4. The Balaban J connectivity index is 1.67. The Labute approximate surface area is 165 Å². The minimum Gasteiger partial charge on any atom is -0.464 e. The Morgan fingerprint density at radius 3 is 2.39 bits per heavy atom. The van der Waals surface area contributed by atoms with Gasteiger partial charge >= 0.3 is 12.0 Å². The molecule has 2 saturated carbocycles. The minimum absolute atomic E-state index is 0.240. The highest BCUT2D eigenvalue weighted by Crippen LogP contribution is 2.36. The fourth-order valence-corrected chi connectivity index (χ4v) is 4.67. The smallest absolute Gasteiger partial charge is 0.331 e. The molecule has 1 aliphatic heterocycles. The van der Waals surface area contributed by atoms with Crippen LogP contribution in [0.4, 0.5) is 4.79 Å². The standard InChI is InChI=1S/C20H31N3O5/c1-3-28-17(26)20(9-5-4-6-10-20)21-15(24)13-23-16(25)19(22-18(23)27)11-7-14(2)8-12-19/h14H,3-13H2,1-2H3,(H,21,24)(H,22,27). The number of urea groups is 1. The van der Waals surface area contributed by atoms with Crippen molar-refractivity contribution in [3.63, 3.8) is 0 Å². The van der Waals surface area contributed by atoms with Gasteiger partial charge in [0, 0.05) is 0 Å². The first-order valence-corrected chi connectivity index (χ1v) is 10.4. The average Bonchev–Trinajstić information content (AvgIpc) is 2.89. The molecular weight excluding hydrogens is 362 g/mol. The molecule has 156 valence electrons. The molecule has 1 heterocycles. The highest BCUT2D eigenvalue weighted by Gasteiger charge is 2.53. The Morgan fingerprint density at radius 1 is 1.14 bits per heavy atom. The lowest BCUT2D eigenvalue weighted by Gasteiger charge is -2.36. The summed E-state index contributed by atoms with van der Waals surface area (Å²) in [4.78, 5) is 51.5. The first-order valence-electron chi connectivity index (χ1n) is 10.4. The van der Waals surface area contributed by atoms with Crippen LogP contribution < -0.4 is 10.6 Å². The van der Waals surface area contributed by atoms with E-state index in [2.05, 4.69) is 17.6 Å². The van der Waals surface area contributed by atoms with Gasteiger partial charge in [0.25, 0.3) is 5.91 Å². The molecule has 3 rings (SSSR count). The van der Waals surface area contributed by atoms with Crippen molar-refractivity contribution < 1.29 is 23.9 Å². The Kier molecular flexibility index (Phi) is 5.95. The van der Waals surface area contributed by atoms with Crippen LogP contribution in [0.1, 0.15) is 71.6 Å². The topological polar surface area (TPSA) is 105 Å². The van der Waals surface area contributed by atoms with Crippen molar-refractivity contribution in [3.05, 3.63) is 0 Å². The van der Waals surface area contributed by atoms with E-state index < -0.39 is 29.0 Å². The maximum atomic E-state index is 12.9. The van der Waals surface area contributed by atoms with E-state index >= 15 is 0 Å². The molecule has 3 aliphatic rings. The molecule has 1 saturated heterocycles.